The van der Waals surface area contributed by atoms with Gasteiger partial charge in [-0.3, -0.25) is 9.59 Å². The number of fused-ring (bicyclic) bond motifs is 1. The van der Waals surface area contributed by atoms with Crippen LogP contribution in [0.3, 0.4) is 0 Å². The van der Waals surface area contributed by atoms with E-state index in [1.165, 1.54) is 29.2 Å². The highest BCUT2D eigenvalue weighted by atomic mass is 35.5. The molecular formula is C23H17ClFNO6. The number of amides is 1. The molecule has 2 aromatic carbocycles. The van der Waals surface area contributed by atoms with Gasteiger partial charge in [0.15, 0.2) is 0 Å². The van der Waals surface area contributed by atoms with Gasteiger partial charge in [0, 0.05) is 35.7 Å². The van der Waals surface area contributed by atoms with Crippen LogP contribution < -0.4 is 5.63 Å². The summed E-state index contributed by atoms with van der Waals surface area (Å²) in [4.78, 5) is 49.3. The van der Waals surface area contributed by atoms with Gasteiger partial charge < -0.3 is 19.2 Å². The van der Waals surface area contributed by atoms with Crippen LogP contribution in [0.5, 0.6) is 0 Å². The maximum absolute atomic E-state index is 13.4. The molecule has 1 aliphatic heterocycles. The Morgan fingerprint density at radius 3 is 2.62 bits per heavy atom. The number of halogens is 2. The Labute approximate surface area is 186 Å². The second kappa shape index (κ2) is 8.55. The summed E-state index contributed by atoms with van der Waals surface area (Å²) in [6, 6.07) is 9.62. The molecule has 7 nitrogen and oxygen atoms in total. The van der Waals surface area contributed by atoms with Crippen molar-refractivity contribution in [3.63, 3.8) is 0 Å². The normalized spacial score (nSPS) is 16.8. The van der Waals surface area contributed by atoms with Crippen LogP contribution in [0.15, 0.2) is 51.7 Å². The number of aldehydes is 1. The van der Waals surface area contributed by atoms with Gasteiger partial charge in [0.1, 0.15) is 23.6 Å². The molecule has 0 bridgehead atoms. The molecule has 0 saturated carbocycles. The lowest BCUT2D eigenvalue weighted by Crippen LogP contribution is -2.34. The van der Waals surface area contributed by atoms with Crippen LogP contribution >= 0.6 is 11.6 Å². The molecule has 164 valence electrons. The Bertz CT molecular complexity index is 1300. The summed E-state index contributed by atoms with van der Waals surface area (Å²) in [5, 5.41) is 9.75. The average Bonchev–Trinajstić information content (AvgIpc) is 3.24. The zero-order valence-electron chi connectivity index (χ0n) is 16.6. The van der Waals surface area contributed by atoms with Crippen molar-refractivity contribution in [3.8, 4) is 11.1 Å². The van der Waals surface area contributed by atoms with Crippen molar-refractivity contribution in [2.45, 2.75) is 12.3 Å². The van der Waals surface area contributed by atoms with Gasteiger partial charge in [-0.1, -0.05) is 23.7 Å². The van der Waals surface area contributed by atoms with Gasteiger partial charge in [-0.25, -0.2) is 9.18 Å². The lowest BCUT2D eigenvalue weighted by atomic mass is 9.95. The number of carbonyl (C=O) groups excluding carboxylic acids is 2. The van der Waals surface area contributed by atoms with Crippen molar-refractivity contribution < 1.29 is 28.3 Å². The summed E-state index contributed by atoms with van der Waals surface area (Å²) in [6.45, 7) is 0.282. The number of likely N-dealkylation sites (tertiary alicyclic amines) is 1. The minimum absolute atomic E-state index is 0.0361. The van der Waals surface area contributed by atoms with Gasteiger partial charge in [0.2, 0.25) is 5.91 Å². The Hall–Kier alpha value is -3.52. The number of hydrogen-bond donors (Lipinski definition) is 1. The van der Waals surface area contributed by atoms with Crippen molar-refractivity contribution in [2.24, 2.45) is 5.92 Å². The van der Waals surface area contributed by atoms with Crippen LogP contribution in [0.4, 0.5) is 4.39 Å². The molecule has 0 aliphatic carbocycles. The summed E-state index contributed by atoms with van der Waals surface area (Å²) in [6.07, 6.45) is 0.803. The number of rotatable bonds is 5. The number of aliphatic carboxylic acids is 1. The zero-order chi connectivity index (χ0) is 23.0. The van der Waals surface area contributed by atoms with Crippen LogP contribution in [-0.2, 0) is 14.4 Å². The Balaban J connectivity index is 1.73. The van der Waals surface area contributed by atoms with E-state index >= 15 is 0 Å². The fourth-order valence-electron chi connectivity index (χ4n) is 3.94. The third-order valence-corrected chi connectivity index (χ3v) is 5.91. The Morgan fingerprint density at radius 1 is 1.19 bits per heavy atom. The van der Waals surface area contributed by atoms with Crippen LogP contribution in [0.1, 0.15) is 17.9 Å². The van der Waals surface area contributed by atoms with Gasteiger partial charge >= 0.3 is 11.6 Å². The highest BCUT2D eigenvalue weighted by molar-refractivity contribution is 6.33. The molecule has 1 unspecified atom stereocenters. The maximum Gasteiger partial charge on any atom is 0.336 e. The van der Waals surface area contributed by atoms with E-state index in [2.05, 4.69) is 0 Å². The summed E-state index contributed by atoms with van der Waals surface area (Å²) in [5.41, 5.74) is 0.614. The number of benzene rings is 2. The first-order chi connectivity index (χ1) is 15.3. The van der Waals surface area contributed by atoms with Gasteiger partial charge in [-0.2, -0.15) is 0 Å². The fraction of sp³-hybridized carbons (Fsp3) is 0.217. The van der Waals surface area contributed by atoms with E-state index in [1.807, 2.05) is 0 Å². The van der Waals surface area contributed by atoms with E-state index in [4.69, 9.17) is 21.1 Å². The standard InChI is InChI=1S/C23H17ClFNO6/c24-19-8-14(25)2-4-15(19)17-9-21(28)32-20-7-12(1-3-16(17)20)18(11-27)22(29)26-6-5-13(10-26)23(30)31/h1-4,7-9,11,13,18H,5-6,10H2,(H,30,31)/t13-,18?/m0/s1. The molecular weight excluding hydrogens is 441 g/mol. The largest absolute Gasteiger partial charge is 0.481 e. The minimum atomic E-state index is -1.17. The van der Waals surface area contributed by atoms with E-state index < -0.39 is 35.2 Å². The summed E-state index contributed by atoms with van der Waals surface area (Å²) >= 11 is 6.16. The number of carbonyl (C=O) groups is 3. The molecule has 1 amide bonds. The molecule has 1 aliphatic rings. The first-order valence-corrected chi connectivity index (χ1v) is 10.2. The maximum atomic E-state index is 13.4. The van der Waals surface area contributed by atoms with Crippen molar-refractivity contribution in [1.29, 1.82) is 0 Å². The zero-order valence-corrected chi connectivity index (χ0v) is 17.3. The molecule has 2 atom stereocenters. The average molecular weight is 458 g/mol. The van der Waals surface area contributed by atoms with Gasteiger partial charge in [0.05, 0.1) is 10.9 Å². The molecule has 1 saturated heterocycles. The minimum Gasteiger partial charge on any atom is -0.481 e. The number of hydrogen-bond acceptors (Lipinski definition) is 5. The molecule has 1 aromatic heterocycles. The first-order valence-electron chi connectivity index (χ1n) is 9.78. The second-order valence-corrected chi connectivity index (χ2v) is 7.99. The molecule has 4 rings (SSSR count). The number of carboxylic acids is 1. The number of nitrogens with zero attached hydrogens (tertiary/aromatic N) is 1. The summed E-state index contributed by atoms with van der Waals surface area (Å²) < 4.78 is 18.7. The van der Waals surface area contributed by atoms with Crippen molar-refractivity contribution in [1.82, 2.24) is 4.90 Å². The van der Waals surface area contributed by atoms with Crippen molar-refractivity contribution in [3.05, 3.63) is 69.3 Å². The third-order valence-electron chi connectivity index (χ3n) is 5.60. The molecule has 2 heterocycles. The predicted molar refractivity (Wildman–Crippen MR) is 114 cm³/mol. The van der Waals surface area contributed by atoms with Gasteiger partial charge in [0.25, 0.3) is 0 Å². The van der Waals surface area contributed by atoms with E-state index in [0.717, 1.165) is 6.07 Å². The van der Waals surface area contributed by atoms with Crippen LogP contribution in [0.25, 0.3) is 22.1 Å². The van der Waals surface area contributed by atoms with Crippen LogP contribution in [-0.4, -0.2) is 41.3 Å². The Kier molecular flexibility index (Phi) is 5.80. The van der Waals surface area contributed by atoms with E-state index in [1.54, 1.807) is 12.1 Å². The SMILES string of the molecule is O=CC(C(=O)N1CC[C@H](C(=O)O)C1)c1ccc2c(-c3ccc(F)cc3Cl)cc(=O)oc2c1. The third kappa shape index (κ3) is 4.01. The Morgan fingerprint density at radius 2 is 1.97 bits per heavy atom. The van der Waals surface area contributed by atoms with Crippen LogP contribution in [0.2, 0.25) is 5.02 Å². The molecule has 32 heavy (non-hydrogen) atoms. The topological polar surface area (TPSA) is 105 Å². The quantitative estimate of drug-likeness (QED) is 0.357. The van der Waals surface area contributed by atoms with Crippen molar-refractivity contribution in [2.75, 3.05) is 13.1 Å². The van der Waals surface area contributed by atoms with E-state index in [0.29, 0.717) is 34.8 Å². The van der Waals surface area contributed by atoms with Gasteiger partial charge in [-0.05, 0) is 36.2 Å². The van der Waals surface area contributed by atoms with E-state index in [9.17, 15) is 23.6 Å². The predicted octanol–water partition coefficient (Wildman–Crippen LogP) is 3.47. The molecule has 0 radical (unpaired) electrons. The molecule has 9 heteroatoms. The monoisotopic (exact) mass is 457 g/mol. The summed E-state index contributed by atoms with van der Waals surface area (Å²) in [7, 11) is 0. The van der Waals surface area contributed by atoms with Crippen molar-refractivity contribution >= 4 is 40.7 Å². The van der Waals surface area contributed by atoms with Crippen LogP contribution in [0, 0.1) is 11.7 Å². The lowest BCUT2D eigenvalue weighted by molar-refractivity contribution is -0.141. The molecule has 3 aromatic rings. The molecule has 0 spiro atoms. The summed E-state index contributed by atoms with van der Waals surface area (Å²) in [5.74, 6) is -3.85. The number of carboxylic acid groups (broad SMARTS) is 1. The van der Waals surface area contributed by atoms with E-state index in [-0.39, 0.29) is 23.7 Å². The lowest BCUT2D eigenvalue weighted by Gasteiger charge is -2.20. The highest BCUT2D eigenvalue weighted by Gasteiger charge is 2.34. The second-order valence-electron chi connectivity index (χ2n) is 7.58. The molecule has 1 N–H and O–H groups in total. The molecule has 1 fully saturated rings. The smallest absolute Gasteiger partial charge is 0.336 e. The first kappa shape index (κ1) is 21.7. The fourth-order valence-corrected chi connectivity index (χ4v) is 4.21. The highest BCUT2D eigenvalue weighted by Crippen LogP contribution is 2.34. The van der Waals surface area contributed by atoms with Gasteiger partial charge in [-0.15, -0.1) is 0 Å².